The molecule has 2 nitrogen and oxygen atoms in total. The van der Waals surface area contributed by atoms with E-state index in [9.17, 15) is 0 Å². The first kappa shape index (κ1) is 13.1. The van der Waals surface area contributed by atoms with Gasteiger partial charge in [-0.2, -0.15) is 0 Å². The van der Waals surface area contributed by atoms with Crippen LogP contribution < -0.4 is 5.32 Å². The van der Waals surface area contributed by atoms with E-state index >= 15 is 0 Å². The number of benzene rings is 1. The number of rotatable bonds is 5. The molecule has 0 saturated heterocycles. The minimum Gasteiger partial charge on any atom is -0.306 e. The molecular weight excluding hydrogens is 240 g/mol. The van der Waals surface area contributed by atoms with Crippen molar-refractivity contribution in [2.75, 3.05) is 12.8 Å². The summed E-state index contributed by atoms with van der Waals surface area (Å²) in [5, 5.41) is 3.51. The maximum Gasteiger partial charge on any atom is 0.0591 e. The number of thioether (sulfide) groups is 1. The zero-order valence-corrected chi connectivity index (χ0v) is 11.6. The molecule has 1 aromatic carbocycles. The van der Waals surface area contributed by atoms with Crippen molar-refractivity contribution in [3.63, 3.8) is 0 Å². The average Bonchev–Trinajstić information content (AvgIpc) is 2.46. The quantitative estimate of drug-likeness (QED) is 0.831. The highest BCUT2D eigenvalue weighted by Crippen LogP contribution is 2.23. The first-order valence-corrected chi connectivity index (χ1v) is 7.35. The van der Waals surface area contributed by atoms with Crippen molar-refractivity contribution in [1.82, 2.24) is 10.3 Å². The zero-order chi connectivity index (χ0) is 12.8. The van der Waals surface area contributed by atoms with Gasteiger partial charge in [0.1, 0.15) is 0 Å². The molecule has 0 aliphatic carbocycles. The Hall–Kier alpha value is -1.32. The molecule has 1 N–H and O–H groups in total. The Balaban J connectivity index is 2.29. The van der Waals surface area contributed by atoms with Crippen molar-refractivity contribution in [2.24, 2.45) is 0 Å². The number of hydrogen-bond donors (Lipinski definition) is 1. The lowest BCUT2D eigenvalue weighted by atomic mass is 10.0. The number of pyridine rings is 1. The van der Waals surface area contributed by atoms with E-state index in [0.29, 0.717) is 0 Å². The lowest BCUT2D eigenvalue weighted by Gasteiger charge is -2.18. The fourth-order valence-corrected chi connectivity index (χ4v) is 2.38. The summed E-state index contributed by atoms with van der Waals surface area (Å²) in [5.41, 5.74) is 2.49. The Morgan fingerprint density at radius 2 is 1.94 bits per heavy atom. The van der Waals surface area contributed by atoms with Gasteiger partial charge in [0.15, 0.2) is 0 Å². The fraction of sp³-hybridized carbons (Fsp3) is 0.267. The van der Waals surface area contributed by atoms with Crippen LogP contribution in [0.5, 0.6) is 0 Å². The summed E-state index contributed by atoms with van der Waals surface area (Å²) in [6, 6.07) is 13.0. The number of nitrogens with zero attached hydrogens (tertiary/aromatic N) is 1. The average molecular weight is 258 g/mol. The van der Waals surface area contributed by atoms with Gasteiger partial charge in [-0.05, 0) is 42.1 Å². The smallest absolute Gasteiger partial charge is 0.0591 e. The van der Waals surface area contributed by atoms with Crippen molar-refractivity contribution in [3.8, 4) is 0 Å². The van der Waals surface area contributed by atoms with Crippen LogP contribution >= 0.6 is 11.8 Å². The first-order chi connectivity index (χ1) is 8.85. The van der Waals surface area contributed by atoms with Gasteiger partial charge in [0.25, 0.3) is 0 Å². The summed E-state index contributed by atoms with van der Waals surface area (Å²) in [4.78, 5) is 5.49. The van der Waals surface area contributed by atoms with Crippen molar-refractivity contribution in [1.29, 1.82) is 0 Å². The standard InChI is InChI=1S/C15H18N2S/c1-3-17-15(13-5-4-10-16-11-13)12-6-8-14(18-2)9-7-12/h4-11,15,17H,3H2,1-2H3. The van der Waals surface area contributed by atoms with Crippen molar-refractivity contribution in [3.05, 3.63) is 59.9 Å². The van der Waals surface area contributed by atoms with E-state index in [0.717, 1.165) is 6.54 Å². The van der Waals surface area contributed by atoms with E-state index in [1.165, 1.54) is 16.0 Å². The maximum atomic E-state index is 4.20. The minimum absolute atomic E-state index is 0.222. The third-order valence-electron chi connectivity index (χ3n) is 2.88. The van der Waals surface area contributed by atoms with Crippen LogP contribution in [0.1, 0.15) is 24.1 Å². The molecule has 2 rings (SSSR count). The number of nitrogens with one attached hydrogen (secondary N) is 1. The summed E-state index contributed by atoms with van der Waals surface area (Å²) in [5.74, 6) is 0. The molecule has 1 atom stereocenters. The Kier molecular flexibility index (Phi) is 4.79. The zero-order valence-electron chi connectivity index (χ0n) is 10.8. The van der Waals surface area contributed by atoms with Gasteiger partial charge in [0.2, 0.25) is 0 Å². The summed E-state index contributed by atoms with van der Waals surface area (Å²) >= 11 is 1.77. The van der Waals surface area contributed by atoms with E-state index in [1.54, 1.807) is 11.8 Å². The van der Waals surface area contributed by atoms with Gasteiger partial charge >= 0.3 is 0 Å². The second-order valence-electron chi connectivity index (χ2n) is 4.05. The molecule has 3 heteroatoms. The Morgan fingerprint density at radius 1 is 1.17 bits per heavy atom. The van der Waals surface area contributed by atoms with Crippen LogP contribution in [0.4, 0.5) is 0 Å². The molecule has 0 aliphatic rings. The van der Waals surface area contributed by atoms with Crippen LogP contribution in [0.15, 0.2) is 53.7 Å². The topological polar surface area (TPSA) is 24.9 Å². The van der Waals surface area contributed by atoms with E-state index in [-0.39, 0.29) is 6.04 Å². The third-order valence-corrected chi connectivity index (χ3v) is 3.62. The van der Waals surface area contributed by atoms with E-state index in [2.05, 4.69) is 53.8 Å². The number of hydrogen-bond acceptors (Lipinski definition) is 3. The van der Waals surface area contributed by atoms with Gasteiger partial charge in [-0.25, -0.2) is 0 Å². The molecule has 1 aromatic heterocycles. The van der Waals surface area contributed by atoms with Crippen LogP contribution in [0, 0.1) is 0 Å². The van der Waals surface area contributed by atoms with Gasteiger partial charge in [0.05, 0.1) is 6.04 Å². The van der Waals surface area contributed by atoms with Crippen LogP contribution in [-0.2, 0) is 0 Å². The minimum atomic E-state index is 0.222. The summed E-state index contributed by atoms with van der Waals surface area (Å²) in [7, 11) is 0. The molecule has 0 aliphatic heterocycles. The van der Waals surface area contributed by atoms with Gasteiger partial charge in [0, 0.05) is 17.3 Å². The first-order valence-electron chi connectivity index (χ1n) is 6.12. The van der Waals surface area contributed by atoms with E-state index in [1.807, 2.05) is 18.5 Å². The summed E-state index contributed by atoms with van der Waals surface area (Å²) in [6.07, 6.45) is 5.83. The van der Waals surface area contributed by atoms with Crippen molar-refractivity contribution < 1.29 is 0 Å². The largest absolute Gasteiger partial charge is 0.306 e. The molecule has 1 heterocycles. The van der Waals surface area contributed by atoms with Crippen LogP contribution in [0.2, 0.25) is 0 Å². The monoisotopic (exact) mass is 258 g/mol. The summed E-state index contributed by atoms with van der Waals surface area (Å²) in [6.45, 7) is 3.06. The highest BCUT2D eigenvalue weighted by molar-refractivity contribution is 7.98. The third kappa shape index (κ3) is 3.12. The predicted molar refractivity (Wildman–Crippen MR) is 78.0 cm³/mol. The molecule has 0 radical (unpaired) electrons. The fourth-order valence-electron chi connectivity index (χ4n) is 1.98. The van der Waals surface area contributed by atoms with Crippen LogP contribution in [-0.4, -0.2) is 17.8 Å². The Bertz CT molecular complexity index is 468. The van der Waals surface area contributed by atoms with Gasteiger partial charge < -0.3 is 5.32 Å². The molecule has 0 bridgehead atoms. The molecule has 2 aromatic rings. The highest BCUT2D eigenvalue weighted by atomic mass is 32.2. The van der Waals surface area contributed by atoms with Crippen molar-refractivity contribution >= 4 is 11.8 Å². The molecule has 0 spiro atoms. The molecule has 0 fully saturated rings. The second kappa shape index (κ2) is 6.57. The normalized spacial score (nSPS) is 12.3. The van der Waals surface area contributed by atoms with Gasteiger partial charge in [-0.1, -0.05) is 25.1 Å². The Labute approximate surface area is 113 Å². The summed E-state index contributed by atoms with van der Waals surface area (Å²) < 4.78 is 0. The number of aromatic nitrogens is 1. The lowest BCUT2D eigenvalue weighted by Crippen LogP contribution is -2.22. The molecule has 0 saturated carbocycles. The van der Waals surface area contributed by atoms with Gasteiger partial charge in [-0.15, -0.1) is 11.8 Å². The molecule has 94 valence electrons. The maximum absolute atomic E-state index is 4.20. The van der Waals surface area contributed by atoms with E-state index < -0.39 is 0 Å². The van der Waals surface area contributed by atoms with Crippen LogP contribution in [0.3, 0.4) is 0 Å². The second-order valence-corrected chi connectivity index (χ2v) is 4.93. The van der Waals surface area contributed by atoms with Crippen molar-refractivity contribution in [2.45, 2.75) is 17.9 Å². The SMILES string of the molecule is CCNC(c1ccc(SC)cc1)c1cccnc1. The lowest BCUT2D eigenvalue weighted by molar-refractivity contribution is 0.628. The molecule has 18 heavy (non-hydrogen) atoms. The Morgan fingerprint density at radius 3 is 2.50 bits per heavy atom. The molecule has 0 amide bonds. The highest BCUT2D eigenvalue weighted by Gasteiger charge is 2.12. The molecule has 1 unspecified atom stereocenters. The molecular formula is C15H18N2S. The predicted octanol–water partition coefficient (Wildman–Crippen LogP) is 3.50. The van der Waals surface area contributed by atoms with Gasteiger partial charge in [-0.3, -0.25) is 4.98 Å². The van der Waals surface area contributed by atoms with Crippen LogP contribution in [0.25, 0.3) is 0 Å². The van der Waals surface area contributed by atoms with E-state index in [4.69, 9.17) is 0 Å².